The van der Waals surface area contributed by atoms with Gasteiger partial charge in [-0.2, -0.15) is 5.90 Å². The third kappa shape index (κ3) is 4.32. The van der Waals surface area contributed by atoms with E-state index in [0.29, 0.717) is 12.3 Å². The summed E-state index contributed by atoms with van der Waals surface area (Å²) in [6.45, 7) is 4.10. The van der Waals surface area contributed by atoms with Crippen molar-refractivity contribution in [1.82, 2.24) is 0 Å². The molecule has 0 saturated heterocycles. The van der Waals surface area contributed by atoms with E-state index in [1.54, 1.807) is 0 Å². The van der Waals surface area contributed by atoms with Crippen molar-refractivity contribution in [3.8, 4) is 0 Å². The molecule has 60 valence electrons. The predicted octanol–water partition coefficient (Wildman–Crippen LogP) is 1.23. The van der Waals surface area contributed by atoms with E-state index in [1.807, 2.05) is 6.92 Å². The Hall–Kier alpha value is -0.570. The monoisotopic (exact) mass is 145 g/mol. The van der Waals surface area contributed by atoms with Crippen molar-refractivity contribution >= 4 is 5.97 Å². The van der Waals surface area contributed by atoms with Crippen molar-refractivity contribution in [2.24, 2.45) is 11.8 Å². The fraction of sp³-hybridized carbons (Fsp3) is 0.857. The molecule has 10 heavy (non-hydrogen) atoms. The molecule has 0 bridgehead atoms. The maximum Gasteiger partial charge on any atom is 0.324 e. The first kappa shape index (κ1) is 9.43. The van der Waals surface area contributed by atoms with Crippen molar-refractivity contribution in [2.45, 2.75) is 33.1 Å². The van der Waals surface area contributed by atoms with Crippen LogP contribution in [0.2, 0.25) is 0 Å². The van der Waals surface area contributed by atoms with Crippen molar-refractivity contribution in [1.29, 1.82) is 0 Å². The number of rotatable bonds is 4. The second-order valence-corrected chi connectivity index (χ2v) is 2.59. The van der Waals surface area contributed by atoms with E-state index in [1.165, 1.54) is 0 Å². The molecule has 0 heterocycles. The number of hydrogen-bond acceptors (Lipinski definition) is 3. The van der Waals surface area contributed by atoms with Gasteiger partial charge in [-0.25, -0.2) is 0 Å². The van der Waals surface area contributed by atoms with Crippen LogP contribution in [-0.2, 0) is 9.63 Å². The Bertz CT molecular complexity index is 104. The number of nitrogens with two attached hydrogens (primary N) is 1. The lowest BCUT2D eigenvalue weighted by atomic mass is 10.0. The molecule has 0 aromatic carbocycles. The highest BCUT2D eigenvalue weighted by Gasteiger charge is 2.07. The van der Waals surface area contributed by atoms with Crippen LogP contribution in [0.1, 0.15) is 33.1 Å². The van der Waals surface area contributed by atoms with Gasteiger partial charge in [0.1, 0.15) is 0 Å². The molecule has 3 nitrogen and oxygen atoms in total. The molecule has 0 amide bonds. The SMILES string of the molecule is CCCC(C)CC(=O)ON. The molecule has 0 spiro atoms. The summed E-state index contributed by atoms with van der Waals surface area (Å²) in [5, 5.41) is 0. The molecule has 0 fully saturated rings. The van der Waals surface area contributed by atoms with Crippen LogP contribution < -0.4 is 5.90 Å². The van der Waals surface area contributed by atoms with Gasteiger partial charge >= 0.3 is 5.97 Å². The summed E-state index contributed by atoms with van der Waals surface area (Å²) in [5.41, 5.74) is 0. The molecule has 0 saturated carbocycles. The molecule has 0 aliphatic heterocycles. The zero-order valence-electron chi connectivity index (χ0n) is 6.59. The van der Waals surface area contributed by atoms with Gasteiger partial charge in [-0.05, 0) is 5.92 Å². The lowest BCUT2D eigenvalue weighted by Gasteiger charge is -2.05. The van der Waals surface area contributed by atoms with Crippen molar-refractivity contribution in [2.75, 3.05) is 0 Å². The molecular weight excluding hydrogens is 130 g/mol. The van der Waals surface area contributed by atoms with Crippen LogP contribution in [0.5, 0.6) is 0 Å². The van der Waals surface area contributed by atoms with Crippen LogP contribution >= 0.6 is 0 Å². The number of carbonyl (C=O) groups excluding carboxylic acids is 1. The molecular formula is C7H15NO2. The molecule has 0 aromatic heterocycles. The Labute approximate surface area is 61.5 Å². The van der Waals surface area contributed by atoms with Crippen LogP contribution in [0.15, 0.2) is 0 Å². The Morgan fingerprint density at radius 2 is 2.30 bits per heavy atom. The molecule has 2 N–H and O–H groups in total. The molecule has 3 heteroatoms. The predicted molar refractivity (Wildman–Crippen MR) is 39.0 cm³/mol. The first-order valence-electron chi connectivity index (χ1n) is 3.60. The summed E-state index contributed by atoms with van der Waals surface area (Å²) < 4.78 is 0. The van der Waals surface area contributed by atoms with Crippen molar-refractivity contribution in [3.63, 3.8) is 0 Å². The summed E-state index contributed by atoms with van der Waals surface area (Å²) in [4.78, 5) is 14.6. The number of carbonyl (C=O) groups is 1. The summed E-state index contributed by atoms with van der Waals surface area (Å²) >= 11 is 0. The van der Waals surface area contributed by atoms with Gasteiger partial charge in [0.15, 0.2) is 0 Å². The van der Waals surface area contributed by atoms with Crippen molar-refractivity contribution in [3.05, 3.63) is 0 Å². The highest BCUT2D eigenvalue weighted by molar-refractivity contribution is 5.69. The van der Waals surface area contributed by atoms with Crippen LogP contribution in [0, 0.1) is 5.92 Å². The van der Waals surface area contributed by atoms with Gasteiger partial charge in [0.25, 0.3) is 0 Å². The first-order valence-corrected chi connectivity index (χ1v) is 3.60. The maximum atomic E-state index is 10.5. The highest BCUT2D eigenvalue weighted by atomic mass is 16.7. The smallest absolute Gasteiger partial charge is 0.324 e. The normalized spacial score (nSPS) is 12.7. The molecule has 0 radical (unpaired) electrons. The fourth-order valence-corrected chi connectivity index (χ4v) is 0.927. The maximum absolute atomic E-state index is 10.5. The summed E-state index contributed by atoms with van der Waals surface area (Å²) in [6.07, 6.45) is 2.58. The van der Waals surface area contributed by atoms with E-state index < -0.39 is 0 Å². The Kier molecular flexibility index (Phi) is 4.94. The van der Waals surface area contributed by atoms with Gasteiger partial charge in [0, 0.05) is 6.42 Å². The average molecular weight is 145 g/mol. The van der Waals surface area contributed by atoms with Crippen LogP contribution in [0.25, 0.3) is 0 Å². The van der Waals surface area contributed by atoms with E-state index in [9.17, 15) is 4.79 Å². The Morgan fingerprint density at radius 1 is 1.70 bits per heavy atom. The second kappa shape index (κ2) is 5.23. The third-order valence-corrected chi connectivity index (χ3v) is 1.43. The molecule has 1 atom stereocenters. The van der Waals surface area contributed by atoms with E-state index >= 15 is 0 Å². The zero-order valence-corrected chi connectivity index (χ0v) is 6.59. The van der Waals surface area contributed by atoms with E-state index in [2.05, 4.69) is 17.7 Å². The third-order valence-electron chi connectivity index (χ3n) is 1.43. The highest BCUT2D eigenvalue weighted by Crippen LogP contribution is 2.09. The minimum absolute atomic E-state index is 0.319. The minimum atomic E-state index is -0.319. The van der Waals surface area contributed by atoms with Gasteiger partial charge in [0.05, 0.1) is 0 Å². The van der Waals surface area contributed by atoms with Crippen molar-refractivity contribution < 1.29 is 9.63 Å². The average Bonchev–Trinajstić information content (AvgIpc) is 1.88. The molecule has 0 aliphatic rings. The molecule has 0 rings (SSSR count). The lowest BCUT2D eigenvalue weighted by Crippen LogP contribution is -2.13. The van der Waals surface area contributed by atoms with Gasteiger partial charge in [-0.1, -0.05) is 26.7 Å². The van der Waals surface area contributed by atoms with Gasteiger partial charge in [0.2, 0.25) is 0 Å². The quantitative estimate of drug-likeness (QED) is 0.605. The Morgan fingerprint density at radius 3 is 2.70 bits per heavy atom. The fourth-order valence-electron chi connectivity index (χ4n) is 0.927. The minimum Gasteiger partial charge on any atom is -0.373 e. The van der Waals surface area contributed by atoms with E-state index in [0.717, 1.165) is 12.8 Å². The first-order chi connectivity index (χ1) is 4.70. The van der Waals surface area contributed by atoms with Gasteiger partial charge < -0.3 is 4.84 Å². The van der Waals surface area contributed by atoms with E-state index in [-0.39, 0.29) is 5.97 Å². The standard InChI is InChI=1S/C7H15NO2/c1-3-4-6(2)5-7(9)10-8/h6H,3-5,8H2,1-2H3. The number of hydrogen-bond donors (Lipinski definition) is 1. The van der Waals surface area contributed by atoms with Crippen LogP contribution in [0.4, 0.5) is 0 Å². The topological polar surface area (TPSA) is 52.3 Å². The summed E-state index contributed by atoms with van der Waals surface area (Å²) in [6, 6.07) is 0. The zero-order chi connectivity index (χ0) is 7.98. The summed E-state index contributed by atoms with van der Waals surface area (Å²) in [7, 11) is 0. The van der Waals surface area contributed by atoms with Gasteiger partial charge in [-0.3, -0.25) is 4.79 Å². The molecule has 1 unspecified atom stereocenters. The lowest BCUT2D eigenvalue weighted by molar-refractivity contribution is -0.145. The second-order valence-electron chi connectivity index (χ2n) is 2.59. The molecule has 0 aliphatic carbocycles. The van der Waals surface area contributed by atoms with Crippen LogP contribution in [-0.4, -0.2) is 5.97 Å². The largest absolute Gasteiger partial charge is 0.373 e. The Balaban J connectivity index is 3.37. The van der Waals surface area contributed by atoms with Gasteiger partial charge in [-0.15, -0.1) is 0 Å². The molecule has 0 aromatic rings. The summed E-state index contributed by atoms with van der Waals surface area (Å²) in [5.74, 6) is 4.74. The van der Waals surface area contributed by atoms with E-state index in [4.69, 9.17) is 0 Å². The van der Waals surface area contributed by atoms with Crippen LogP contribution in [0.3, 0.4) is 0 Å².